The van der Waals surface area contributed by atoms with E-state index in [1.165, 1.54) is 12.0 Å². The molecular weight excluding hydrogens is 348 g/mol. The van der Waals surface area contributed by atoms with Crippen LogP contribution < -0.4 is 10.1 Å². The number of ether oxygens (including phenoxy) is 2. The first-order valence-electron chi connectivity index (χ1n) is 8.36. The number of benzene rings is 2. The molecule has 0 aliphatic rings. The normalized spacial score (nSPS) is 10.0. The summed E-state index contributed by atoms with van der Waals surface area (Å²) in [5, 5.41) is 2.45. The van der Waals surface area contributed by atoms with Crippen LogP contribution in [0.1, 0.15) is 15.9 Å². The highest BCUT2D eigenvalue weighted by Crippen LogP contribution is 2.16. The van der Waals surface area contributed by atoms with Gasteiger partial charge in [0, 0.05) is 13.6 Å². The monoisotopic (exact) mass is 370 g/mol. The first-order chi connectivity index (χ1) is 13.0. The van der Waals surface area contributed by atoms with Gasteiger partial charge in [0.1, 0.15) is 12.3 Å². The lowest BCUT2D eigenvalue weighted by atomic mass is 10.2. The zero-order valence-corrected chi connectivity index (χ0v) is 15.3. The van der Waals surface area contributed by atoms with Crippen LogP contribution in [-0.4, -0.2) is 50.0 Å². The van der Waals surface area contributed by atoms with E-state index >= 15 is 0 Å². The van der Waals surface area contributed by atoms with E-state index in [0.717, 1.165) is 5.56 Å². The number of likely N-dealkylation sites (N-methyl/N-ethyl adjacent to an activating group) is 1. The number of carbonyl (C=O) groups is 3. The average Bonchev–Trinajstić information content (AvgIpc) is 2.70. The van der Waals surface area contributed by atoms with E-state index < -0.39 is 11.9 Å². The molecule has 27 heavy (non-hydrogen) atoms. The summed E-state index contributed by atoms with van der Waals surface area (Å²) in [5.41, 5.74) is 1.29. The fourth-order valence-electron chi connectivity index (χ4n) is 2.33. The van der Waals surface area contributed by atoms with Crippen LogP contribution in [0.2, 0.25) is 0 Å². The fraction of sp³-hybridized carbons (Fsp3) is 0.250. The molecule has 7 heteroatoms. The number of amides is 2. The van der Waals surface area contributed by atoms with Crippen LogP contribution in [0.5, 0.6) is 5.75 Å². The summed E-state index contributed by atoms with van der Waals surface area (Å²) >= 11 is 0. The highest BCUT2D eigenvalue weighted by molar-refractivity contribution is 5.98. The Bertz CT molecular complexity index is 792. The van der Waals surface area contributed by atoms with Gasteiger partial charge in [-0.05, 0) is 17.7 Å². The number of carbonyl (C=O) groups excluding carboxylic acids is 3. The lowest BCUT2D eigenvalue weighted by molar-refractivity contribution is -0.150. The third kappa shape index (κ3) is 6.14. The van der Waals surface area contributed by atoms with Gasteiger partial charge in [0.05, 0.1) is 12.7 Å². The number of nitrogens with one attached hydrogen (secondary N) is 1. The smallest absolute Gasteiger partial charge is 0.325 e. The van der Waals surface area contributed by atoms with Crippen molar-refractivity contribution in [3.63, 3.8) is 0 Å². The molecule has 7 nitrogen and oxygen atoms in total. The van der Waals surface area contributed by atoms with Crippen LogP contribution in [0.15, 0.2) is 54.6 Å². The first kappa shape index (κ1) is 20.0. The van der Waals surface area contributed by atoms with E-state index in [1.807, 2.05) is 30.3 Å². The van der Waals surface area contributed by atoms with Crippen molar-refractivity contribution >= 4 is 17.8 Å². The summed E-state index contributed by atoms with van der Waals surface area (Å²) in [5.74, 6) is -1.08. The van der Waals surface area contributed by atoms with E-state index in [0.29, 0.717) is 17.9 Å². The van der Waals surface area contributed by atoms with Gasteiger partial charge in [0.15, 0.2) is 6.61 Å². The number of esters is 1. The number of nitrogens with zero attached hydrogens (tertiary/aromatic N) is 1. The van der Waals surface area contributed by atoms with E-state index in [1.54, 1.807) is 31.3 Å². The maximum atomic E-state index is 12.1. The SMILES string of the molecule is COc1ccccc1C(=O)NCC(=O)OCC(=O)N(C)Cc1ccccc1. The molecule has 2 rings (SSSR count). The third-order valence-electron chi connectivity index (χ3n) is 3.79. The molecule has 2 amide bonds. The van der Waals surface area contributed by atoms with Crippen molar-refractivity contribution in [1.29, 1.82) is 0 Å². The van der Waals surface area contributed by atoms with Crippen molar-refractivity contribution in [2.24, 2.45) is 0 Å². The minimum absolute atomic E-state index is 0.312. The van der Waals surface area contributed by atoms with Crippen molar-refractivity contribution in [3.05, 3.63) is 65.7 Å². The van der Waals surface area contributed by atoms with Gasteiger partial charge in [-0.15, -0.1) is 0 Å². The molecule has 0 saturated heterocycles. The maximum absolute atomic E-state index is 12.1. The van der Waals surface area contributed by atoms with Crippen LogP contribution in [0, 0.1) is 0 Å². The molecule has 0 aliphatic heterocycles. The summed E-state index contributed by atoms with van der Waals surface area (Å²) < 4.78 is 10.0. The number of hydrogen-bond donors (Lipinski definition) is 1. The van der Waals surface area contributed by atoms with Gasteiger partial charge in [0.25, 0.3) is 11.8 Å². The number of methoxy groups -OCH3 is 1. The molecule has 0 bridgehead atoms. The predicted molar refractivity (Wildman–Crippen MR) is 99.2 cm³/mol. The van der Waals surface area contributed by atoms with Crippen molar-refractivity contribution in [2.75, 3.05) is 27.3 Å². The molecule has 142 valence electrons. The van der Waals surface area contributed by atoms with Crippen molar-refractivity contribution in [1.82, 2.24) is 10.2 Å². The largest absolute Gasteiger partial charge is 0.496 e. The van der Waals surface area contributed by atoms with Crippen LogP contribution in [0.25, 0.3) is 0 Å². The highest BCUT2D eigenvalue weighted by Gasteiger charge is 2.15. The molecule has 0 fully saturated rings. The van der Waals surface area contributed by atoms with E-state index in [9.17, 15) is 14.4 Å². The molecular formula is C20H22N2O5. The summed E-state index contributed by atoms with van der Waals surface area (Å²) in [6.07, 6.45) is 0. The second-order valence-corrected chi connectivity index (χ2v) is 5.78. The molecule has 0 radical (unpaired) electrons. The van der Waals surface area contributed by atoms with Gasteiger partial charge in [0.2, 0.25) is 0 Å². The highest BCUT2D eigenvalue weighted by atomic mass is 16.5. The molecule has 2 aromatic carbocycles. The molecule has 2 aromatic rings. The van der Waals surface area contributed by atoms with Crippen molar-refractivity contribution in [2.45, 2.75) is 6.54 Å². The Morgan fingerprint density at radius 2 is 1.67 bits per heavy atom. The van der Waals surface area contributed by atoms with Crippen LogP contribution in [-0.2, 0) is 20.9 Å². The fourth-order valence-corrected chi connectivity index (χ4v) is 2.33. The van der Waals surface area contributed by atoms with Gasteiger partial charge in [-0.2, -0.15) is 0 Å². The Hall–Kier alpha value is -3.35. The van der Waals surface area contributed by atoms with Crippen LogP contribution >= 0.6 is 0 Å². The van der Waals surface area contributed by atoms with Gasteiger partial charge in [-0.25, -0.2) is 0 Å². The first-order valence-corrected chi connectivity index (χ1v) is 8.36. The van der Waals surface area contributed by atoms with Crippen LogP contribution in [0.3, 0.4) is 0 Å². The molecule has 0 aliphatic carbocycles. The number of rotatable bonds is 8. The van der Waals surface area contributed by atoms with Gasteiger partial charge in [-0.3, -0.25) is 14.4 Å². The summed E-state index contributed by atoms with van der Waals surface area (Å²) in [4.78, 5) is 37.4. The van der Waals surface area contributed by atoms with Gasteiger partial charge < -0.3 is 19.7 Å². The topological polar surface area (TPSA) is 84.9 Å². The van der Waals surface area contributed by atoms with Gasteiger partial charge >= 0.3 is 5.97 Å². The van der Waals surface area contributed by atoms with Gasteiger partial charge in [-0.1, -0.05) is 42.5 Å². The zero-order chi connectivity index (χ0) is 19.6. The minimum Gasteiger partial charge on any atom is -0.496 e. The molecule has 0 heterocycles. The van der Waals surface area contributed by atoms with E-state index in [4.69, 9.17) is 9.47 Å². The minimum atomic E-state index is -0.695. The number of para-hydroxylation sites is 1. The second kappa shape index (κ2) is 9.96. The summed E-state index contributed by atoms with van der Waals surface area (Å²) in [7, 11) is 3.09. The quantitative estimate of drug-likeness (QED) is 0.714. The third-order valence-corrected chi connectivity index (χ3v) is 3.79. The lowest BCUT2D eigenvalue weighted by Gasteiger charge is -2.17. The predicted octanol–water partition coefficient (Wildman–Crippen LogP) is 1.63. The standard InChI is InChI=1S/C20H22N2O5/c1-22(13-15-8-4-3-5-9-15)18(23)14-27-19(24)12-21-20(25)16-10-6-7-11-17(16)26-2/h3-11H,12-14H2,1-2H3,(H,21,25). The Morgan fingerprint density at radius 3 is 2.37 bits per heavy atom. The summed E-state index contributed by atoms with van der Waals surface area (Å²) in [6.45, 7) is -0.305. The maximum Gasteiger partial charge on any atom is 0.325 e. The molecule has 0 unspecified atom stereocenters. The van der Waals surface area contributed by atoms with Crippen LogP contribution in [0.4, 0.5) is 0 Å². The Balaban J connectivity index is 1.75. The van der Waals surface area contributed by atoms with Crippen molar-refractivity contribution in [3.8, 4) is 5.75 Å². The Kier molecular flexibility index (Phi) is 7.37. The van der Waals surface area contributed by atoms with E-state index in [-0.39, 0.29) is 19.1 Å². The molecule has 1 N–H and O–H groups in total. The second-order valence-electron chi connectivity index (χ2n) is 5.78. The Morgan fingerprint density at radius 1 is 1.00 bits per heavy atom. The summed E-state index contributed by atoms with van der Waals surface area (Å²) in [6, 6.07) is 16.1. The number of hydrogen-bond acceptors (Lipinski definition) is 5. The average molecular weight is 370 g/mol. The van der Waals surface area contributed by atoms with E-state index in [2.05, 4.69) is 5.32 Å². The molecule has 0 atom stereocenters. The molecule has 0 aromatic heterocycles. The lowest BCUT2D eigenvalue weighted by Crippen LogP contribution is -2.34. The zero-order valence-electron chi connectivity index (χ0n) is 15.3. The Labute approximate surface area is 157 Å². The van der Waals surface area contributed by atoms with Crippen molar-refractivity contribution < 1.29 is 23.9 Å². The molecule has 0 saturated carbocycles. The molecule has 0 spiro atoms.